The molecule has 1 aromatic carbocycles. The largest absolute Gasteiger partial charge is 0.338 e. The van der Waals surface area contributed by atoms with E-state index in [1.54, 1.807) is 24.3 Å². The summed E-state index contributed by atoms with van der Waals surface area (Å²) in [6, 6.07) is 6.48. The number of hydrogen-bond donors (Lipinski definition) is 0. The molecule has 132 valence electrons. The summed E-state index contributed by atoms with van der Waals surface area (Å²) in [6.45, 7) is 0.904. The monoisotopic (exact) mass is 383 g/mol. The SMILES string of the molecule is O=C(CN1C(=O)c2ccccc2C1=O)N1CCN(C(=O)C(Cl)Cl)CC1. The van der Waals surface area contributed by atoms with Gasteiger partial charge in [-0.05, 0) is 12.1 Å². The number of alkyl halides is 2. The molecule has 0 spiro atoms. The van der Waals surface area contributed by atoms with Crippen molar-refractivity contribution in [3.05, 3.63) is 35.4 Å². The Morgan fingerprint density at radius 1 is 0.920 bits per heavy atom. The zero-order chi connectivity index (χ0) is 18.1. The van der Waals surface area contributed by atoms with E-state index in [1.807, 2.05) is 0 Å². The summed E-state index contributed by atoms with van der Waals surface area (Å²) in [7, 11) is 0. The fraction of sp³-hybridized carbons (Fsp3) is 0.375. The van der Waals surface area contributed by atoms with Crippen LogP contribution in [0.2, 0.25) is 0 Å². The minimum atomic E-state index is -1.12. The lowest BCUT2D eigenvalue weighted by Gasteiger charge is -2.35. The molecule has 2 aliphatic rings. The van der Waals surface area contributed by atoms with Crippen LogP contribution in [0, 0.1) is 0 Å². The van der Waals surface area contributed by atoms with Crippen LogP contribution in [-0.2, 0) is 9.59 Å². The molecule has 25 heavy (non-hydrogen) atoms. The van der Waals surface area contributed by atoms with Crippen molar-refractivity contribution >= 4 is 46.8 Å². The summed E-state index contributed by atoms with van der Waals surface area (Å²) in [6.07, 6.45) is 0. The summed E-state index contributed by atoms with van der Waals surface area (Å²) >= 11 is 11.1. The lowest BCUT2D eigenvalue weighted by atomic mass is 10.1. The second kappa shape index (κ2) is 7.01. The molecule has 0 bridgehead atoms. The van der Waals surface area contributed by atoms with Gasteiger partial charge in [0.2, 0.25) is 5.91 Å². The zero-order valence-corrected chi connectivity index (χ0v) is 14.7. The van der Waals surface area contributed by atoms with E-state index in [4.69, 9.17) is 23.2 Å². The number of fused-ring (bicyclic) bond motifs is 1. The predicted octanol–water partition coefficient (Wildman–Crippen LogP) is 0.757. The van der Waals surface area contributed by atoms with Crippen molar-refractivity contribution < 1.29 is 19.2 Å². The highest BCUT2D eigenvalue weighted by Gasteiger charge is 2.37. The average Bonchev–Trinajstić information content (AvgIpc) is 2.86. The van der Waals surface area contributed by atoms with Gasteiger partial charge in [0.1, 0.15) is 6.54 Å². The van der Waals surface area contributed by atoms with Crippen molar-refractivity contribution in [2.45, 2.75) is 4.84 Å². The van der Waals surface area contributed by atoms with Crippen molar-refractivity contribution in [1.29, 1.82) is 0 Å². The van der Waals surface area contributed by atoms with Crippen LogP contribution in [0.1, 0.15) is 20.7 Å². The van der Waals surface area contributed by atoms with E-state index in [2.05, 4.69) is 0 Å². The van der Waals surface area contributed by atoms with E-state index in [1.165, 1.54) is 9.80 Å². The number of nitrogens with zero attached hydrogens (tertiary/aromatic N) is 3. The molecule has 0 radical (unpaired) electrons. The fourth-order valence-corrected chi connectivity index (χ4v) is 3.21. The lowest BCUT2D eigenvalue weighted by molar-refractivity contribution is -0.138. The van der Waals surface area contributed by atoms with E-state index in [0.717, 1.165) is 4.90 Å². The highest BCUT2D eigenvalue weighted by Crippen LogP contribution is 2.22. The number of halogens is 2. The number of carbonyl (C=O) groups excluding carboxylic acids is 4. The summed E-state index contributed by atoms with van der Waals surface area (Å²) < 4.78 is 0. The predicted molar refractivity (Wildman–Crippen MR) is 90.5 cm³/mol. The van der Waals surface area contributed by atoms with Gasteiger partial charge in [0.25, 0.3) is 17.7 Å². The maximum atomic E-state index is 12.4. The summed E-state index contributed by atoms with van der Waals surface area (Å²) in [5.74, 6) is -1.66. The van der Waals surface area contributed by atoms with Crippen LogP contribution in [0.25, 0.3) is 0 Å². The van der Waals surface area contributed by atoms with Gasteiger partial charge in [0.15, 0.2) is 4.84 Å². The first kappa shape index (κ1) is 17.7. The van der Waals surface area contributed by atoms with Crippen LogP contribution in [0.3, 0.4) is 0 Å². The van der Waals surface area contributed by atoms with E-state index in [-0.39, 0.29) is 12.5 Å². The van der Waals surface area contributed by atoms with Gasteiger partial charge in [0, 0.05) is 26.2 Å². The molecule has 4 amide bonds. The van der Waals surface area contributed by atoms with Crippen molar-refractivity contribution in [1.82, 2.24) is 14.7 Å². The maximum absolute atomic E-state index is 12.4. The lowest BCUT2D eigenvalue weighted by Crippen LogP contribution is -2.53. The number of rotatable bonds is 3. The molecule has 0 saturated carbocycles. The van der Waals surface area contributed by atoms with Crippen molar-refractivity contribution in [3.63, 3.8) is 0 Å². The highest BCUT2D eigenvalue weighted by molar-refractivity contribution is 6.53. The number of imide groups is 1. The van der Waals surface area contributed by atoms with Gasteiger partial charge in [0.05, 0.1) is 11.1 Å². The minimum Gasteiger partial charge on any atom is -0.338 e. The number of piperazine rings is 1. The van der Waals surface area contributed by atoms with Crippen LogP contribution in [0.4, 0.5) is 0 Å². The van der Waals surface area contributed by atoms with Crippen LogP contribution >= 0.6 is 23.2 Å². The van der Waals surface area contributed by atoms with Gasteiger partial charge >= 0.3 is 0 Å². The molecule has 9 heteroatoms. The zero-order valence-electron chi connectivity index (χ0n) is 13.2. The minimum absolute atomic E-state index is 0.300. The Hall–Kier alpha value is -2.12. The number of amides is 4. The molecule has 0 aliphatic carbocycles. The van der Waals surface area contributed by atoms with Crippen molar-refractivity contribution in [3.8, 4) is 0 Å². The molecule has 2 aliphatic heterocycles. The van der Waals surface area contributed by atoms with Crippen LogP contribution in [0.5, 0.6) is 0 Å². The quantitative estimate of drug-likeness (QED) is 0.570. The normalized spacial score (nSPS) is 17.3. The van der Waals surface area contributed by atoms with Gasteiger partial charge in [-0.2, -0.15) is 0 Å². The van der Waals surface area contributed by atoms with Gasteiger partial charge < -0.3 is 9.80 Å². The molecule has 1 saturated heterocycles. The number of benzene rings is 1. The van der Waals surface area contributed by atoms with Crippen molar-refractivity contribution in [2.24, 2.45) is 0 Å². The third kappa shape index (κ3) is 3.34. The summed E-state index contributed by atoms with van der Waals surface area (Å²) in [5.41, 5.74) is 0.622. The topological polar surface area (TPSA) is 78.0 Å². The first-order chi connectivity index (χ1) is 11.9. The van der Waals surface area contributed by atoms with Gasteiger partial charge in [-0.25, -0.2) is 0 Å². The van der Waals surface area contributed by atoms with Gasteiger partial charge in [-0.1, -0.05) is 35.3 Å². The van der Waals surface area contributed by atoms with Crippen LogP contribution in [0.15, 0.2) is 24.3 Å². The molecule has 0 unspecified atom stereocenters. The highest BCUT2D eigenvalue weighted by atomic mass is 35.5. The standard InChI is InChI=1S/C16H15Cl2N3O4/c17-13(18)16(25)20-7-5-19(6-8-20)12(22)9-21-14(23)10-3-1-2-4-11(10)15(21)24/h1-4,13H,5-9H2. The van der Waals surface area contributed by atoms with Crippen LogP contribution in [-0.4, -0.2) is 75.9 Å². The Labute approximate surface area is 154 Å². The number of hydrogen-bond acceptors (Lipinski definition) is 4. The molecule has 0 atom stereocenters. The average molecular weight is 384 g/mol. The maximum Gasteiger partial charge on any atom is 0.262 e. The summed E-state index contributed by atoms with van der Waals surface area (Å²) in [4.78, 5) is 51.6. The first-order valence-electron chi connectivity index (χ1n) is 7.70. The Morgan fingerprint density at radius 2 is 1.40 bits per heavy atom. The Morgan fingerprint density at radius 3 is 1.88 bits per heavy atom. The smallest absolute Gasteiger partial charge is 0.262 e. The Kier molecular flexibility index (Phi) is 4.96. The van der Waals surface area contributed by atoms with Crippen LogP contribution < -0.4 is 0 Å². The molecule has 3 rings (SSSR count). The first-order valence-corrected chi connectivity index (χ1v) is 8.57. The third-order valence-electron chi connectivity index (χ3n) is 4.30. The second-order valence-electron chi connectivity index (χ2n) is 5.75. The number of carbonyl (C=O) groups is 4. The third-order valence-corrected chi connectivity index (χ3v) is 4.68. The molecular weight excluding hydrogens is 369 g/mol. The van der Waals surface area contributed by atoms with Crippen molar-refractivity contribution in [2.75, 3.05) is 32.7 Å². The molecule has 1 aromatic rings. The van der Waals surface area contributed by atoms with E-state index in [0.29, 0.717) is 37.3 Å². The van der Waals surface area contributed by atoms with Gasteiger partial charge in [-0.15, -0.1) is 0 Å². The molecule has 0 aromatic heterocycles. The molecular formula is C16H15Cl2N3O4. The molecule has 0 N–H and O–H groups in total. The second-order valence-corrected chi connectivity index (χ2v) is 6.85. The van der Waals surface area contributed by atoms with E-state index >= 15 is 0 Å². The van der Waals surface area contributed by atoms with E-state index in [9.17, 15) is 19.2 Å². The Bertz CT molecular complexity index is 710. The van der Waals surface area contributed by atoms with E-state index < -0.39 is 22.6 Å². The van der Waals surface area contributed by atoms with Gasteiger partial charge in [-0.3, -0.25) is 24.1 Å². The Balaban J connectivity index is 1.60. The fourth-order valence-electron chi connectivity index (χ4n) is 2.93. The summed E-state index contributed by atoms with van der Waals surface area (Å²) in [5, 5.41) is 0. The molecule has 7 nitrogen and oxygen atoms in total. The molecule has 2 heterocycles. The molecule has 1 fully saturated rings.